The van der Waals surface area contributed by atoms with Crippen molar-refractivity contribution in [2.75, 3.05) is 13.7 Å². The van der Waals surface area contributed by atoms with E-state index in [1.54, 1.807) is 37.1 Å². The molecule has 0 aliphatic rings. The van der Waals surface area contributed by atoms with E-state index in [9.17, 15) is 9.59 Å². The van der Waals surface area contributed by atoms with E-state index in [1.165, 1.54) is 0 Å². The van der Waals surface area contributed by atoms with E-state index in [1.807, 2.05) is 75.4 Å². The van der Waals surface area contributed by atoms with Gasteiger partial charge in [0.15, 0.2) is 0 Å². The number of nitrogens with zero attached hydrogens (tertiary/aromatic N) is 1. The van der Waals surface area contributed by atoms with Crippen molar-refractivity contribution in [3.63, 3.8) is 0 Å². The van der Waals surface area contributed by atoms with Crippen LogP contribution in [-0.4, -0.2) is 36.2 Å². The van der Waals surface area contributed by atoms with E-state index in [2.05, 4.69) is 0 Å². The molecule has 0 N–H and O–H groups in total. The predicted molar refractivity (Wildman–Crippen MR) is 132 cm³/mol. The van der Waals surface area contributed by atoms with Gasteiger partial charge in [-0.25, -0.2) is 9.59 Å². The maximum atomic E-state index is 12.3. The molecular formula is C28H31NO5. The Labute approximate surface area is 201 Å². The molecule has 0 unspecified atom stereocenters. The fourth-order valence-corrected chi connectivity index (χ4v) is 3.30. The highest BCUT2D eigenvalue weighted by atomic mass is 16.6. The highest BCUT2D eigenvalue weighted by Gasteiger charge is 2.19. The van der Waals surface area contributed by atoms with Crippen LogP contribution in [0, 0.1) is 0 Å². The van der Waals surface area contributed by atoms with Gasteiger partial charge in [0.25, 0.3) is 0 Å². The third-order valence-electron chi connectivity index (χ3n) is 4.85. The first-order valence-electron chi connectivity index (χ1n) is 11.2. The fourth-order valence-electron chi connectivity index (χ4n) is 3.30. The Morgan fingerprint density at radius 2 is 1.59 bits per heavy atom. The van der Waals surface area contributed by atoms with Crippen molar-refractivity contribution in [1.82, 2.24) is 4.90 Å². The van der Waals surface area contributed by atoms with Gasteiger partial charge in [-0.3, -0.25) is 0 Å². The molecule has 3 rings (SSSR count). The van der Waals surface area contributed by atoms with Gasteiger partial charge in [0, 0.05) is 13.6 Å². The Morgan fingerprint density at radius 3 is 2.26 bits per heavy atom. The van der Waals surface area contributed by atoms with Crippen LogP contribution in [0.4, 0.5) is 4.79 Å². The van der Waals surface area contributed by atoms with Crippen LogP contribution in [0.2, 0.25) is 0 Å². The molecule has 178 valence electrons. The molecule has 0 bridgehead atoms. The Bertz CT molecular complexity index is 1130. The van der Waals surface area contributed by atoms with Crippen LogP contribution in [0.25, 0.3) is 11.1 Å². The highest BCUT2D eigenvalue weighted by Crippen LogP contribution is 2.29. The summed E-state index contributed by atoms with van der Waals surface area (Å²) in [6.45, 7) is 8.06. The summed E-state index contributed by atoms with van der Waals surface area (Å²) in [6.07, 6.45) is -0.359. The number of para-hydroxylation sites is 1. The van der Waals surface area contributed by atoms with Crippen LogP contribution in [-0.2, 0) is 16.0 Å². The number of amides is 1. The van der Waals surface area contributed by atoms with Crippen molar-refractivity contribution in [2.45, 2.75) is 39.8 Å². The van der Waals surface area contributed by atoms with E-state index in [0.717, 1.165) is 16.7 Å². The number of hydrogen-bond donors (Lipinski definition) is 0. The summed E-state index contributed by atoms with van der Waals surface area (Å²) in [7, 11) is 1.72. The lowest BCUT2D eigenvalue weighted by Crippen LogP contribution is -2.33. The first-order chi connectivity index (χ1) is 16.2. The minimum absolute atomic E-state index is 0.300. The normalized spacial score (nSPS) is 11.0. The summed E-state index contributed by atoms with van der Waals surface area (Å²) in [5.74, 6) is 0.644. The van der Waals surface area contributed by atoms with Crippen LogP contribution in [0.5, 0.6) is 11.5 Å². The van der Waals surface area contributed by atoms with Crippen LogP contribution in [0.15, 0.2) is 72.8 Å². The second-order valence-electron chi connectivity index (χ2n) is 8.88. The van der Waals surface area contributed by atoms with E-state index in [4.69, 9.17) is 14.2 Å². The average Bonchev–Trinajstić information content (AvgIpc) is 2.79. The van der Waals surface area contributed by atoms with Gasteiger partial charge in [0.1, 0.15) is 22.7 Å². The molecule has 0 radical (unpaired) electrons. The molecule has 6 nitrogen and oxygen atoms in total. The molecule has 0 heterocycles. The quantitative estimate of drug-likeness (QED) is 0.367. The second-order valence-corrected chi connectivity index (χ2v) is 8.88. The third-order valence-corrected chi connectivity index (χ3v) is 4.85. The molecule has 0 saturated carbocycles. The number of esters is 1. The smallest absolute Gasteiger partial charge is 0.410 e. The summed E-state index contributed by atoms with van der Waals surface area (Å²) >= 11 is 0. The van der Waals surface area contributed by atoms with Gasteiger partial charge in [0.05, 0.1) is 6.61 Å². The Hall–Kier alpha value is -3.80. The molecule has 0 saturated heterocycles. The van der Waals surface area contributed by atoms with Gasteiger partial charge >= 0.3 is 12.1 Å². The molecule has 6 heteroatoms. The van der Waals surface area contributed by atoms with Crippen molar-refractivity contribution < 1.29 is 23.8 Å². The second kappa shape index (κ2) is 10.9. The Kier molecular flexibility index (Phi) is 7.95. The van der Waals surface area contributed by atoms with Gasteiger partial charge in [-0.15, -0.1) is 0 Å². The van der Waals surface area contributed by atoms with E-state index in [-0.39, 0.29) is 6.09 Å². The van der Waals surface area contributed by atoms with E-state index >= 15 is 0 Å². The van der Waals surface area contributed by atoms with Crippen molar-refractivity contribution in [3.8, 4) is 22.6 Å². The number of benzene rings is 3. The molecule has 0 spiro atoms. The third kappa shape index (κ3) is 6.85. The maximum absolute atomic E-state index is 12.3. The van der Waals surface area contributed by atoms with Gasteiger partial charge in [0.2, 0.25) is 0 Å². The lowest BCUT2D eigenvalue weighted by Gasteiger charge is -2.24. The van der Waals surface area contributed by atoms with Crippen molar-refractivity contribution in [3.05, 3.63) is 83.9 Å². The molecule has 0 aromatic heterocycles. The van der Waals surface area contributed by atoms with Gasteiger partial charge in [-0.1, -0.05) is 42.5 Å². The first kappa shape index (κ1) is 24.8. The standard InChI is InChI=1S/C28H31NO5/c1-6-32-26(30)24-12-7-8-13-25(24)33-23-16-14-21(15-17-23)22-11-9-10-20(18-22)19-29(5)27(31)34-28(2,3)4/h7-18H,6,19H2,1-5H3. The molecule has 1 amide bonds. The minimum Gasteiger partial charge on any atom is -0.462 e. The molecule has 34 heavy (non-hydrogen) atoms. The van der Waals surface area contributed by atoms with Crippen molar-refractivity contribution in [2.24, 2.45) is 0 Å². The largest absolute Gasteiger partial charge is 0.462 e. The predicted octanol–water partition coefficient (Wildman–Crippen LogP) is 6.69. The molecule has 3 aromatic rings. The number of hydrogen-bond acceptors (Lipinski definition) is 5. The SMILES string of the molecule is CCOC(=O)c1ccccc1Oc1ccc(-c2cccc(CN(C)C(=O)OC(C)(C)C)c2)cc1. The van der Waals surface area contributed by atoms with Crippen LogP contribution < -0.4 is 4.74 Å². The summed E-state index contributed by atoms with van der Waals surface area (Å²) in [6, 6.07) is 22.6. The van der Waals surface area contributed by atoms with Crippen LogP contribution >= 0.6 is 0 Å². The van der Waals surface area contributed by atoms with E-state index < -0.39 is 11.6 Å². The first-order valence-corrected chi connectivity index (χ1v) is 11.2. The fraction of sp³-hybridized carbons (Fsp3) is 0.286. The number of carbonyl (C=O) groups excluding carboxylic acids is 2. The van der Waals surface area contributed by atoms with Crippen LogP contribution in [0.1, 0.15) is 43.6 Å². The lowest BCUT2D eigenvalue weighted by molar-refractivity contribution is 0.0284. The highest BCUT2D eigenvalue weighted by molar-refractivity contribution is 5.92. The zero-order valence-corrected chi connectivity index (χ0v) is 20.3. The van der Waals surface area contributed by atoms with E-state index in [0.29, 0.717) is 30.2 Å². The molecular weight excluding hydrogens is 430 g/mol. The van der Waals surface area contributed by atoms with Crippen molar-refractivity contribution >= 4 is 12.1 Å². The average molecular weight is 462 g/mol. The van der Waals surface area contributed by atoms with Gasteiger partial charge in [-0.05, 0) is 74.7 Å². The Morgan fingerprint density at radius 1 is 0.882 bits per heavy atom. The Balaban J connectivity index is 1.71. The summed E-state index contributed by atoms with van der Waals surface area (Å²) in [4.78, 5) is 26.0. The zero-order chi connectivity index (χ0) is 24.7. The summed E-state index contributed by atoms with van der Waals surface area (Å²) in [5, 5.41) is 0. The molecule has 3 aromatic carbocycles. The zero-order valence-electron chi connectivity index (χ0n) is 20.3. The summed E-state index contributed by atoms with van der Waals surface area (Å²) < 4.78 is 16.5. The molecule has 0 atom stereocenters. The summed E-state index contributed by atoms with van der Waals surface area (Å²) in [5.41, 5.74) is 2.87. The van der Waals surface area contributed by atoms with Crippen LogP contribution in [0.3, 0.4) is 0 Å². The number of ether oxygens (including phenoxy) is 3. The molecule has 0 fully saturated rings. The maximum Gasteiger partial charge on any atom is 0.410 e. The lowest BCUT2D eigenvalue weighted by atomic mass is 10.0. The minimum atomic E-state index is -0.534. The number of rotatable bonds is 7. The topological polar surface area (TPSA) is 65.1 Å². The van der Waals surface area contributed by atoms with Gasteiger partial charge in [-0.2, -0.15) is 0 Å². The molecule has 0 aliphatic heterocycles. The van der Waals surface area contributed by atoms with Crippen molar-refractivity contribution in [1.29, 1.82) is 0 Å². The molecule has 0 aliphatic carbocycles. The monoisotopic (exact) mass is 461 g/mol. The number of carbonyl (C=O) groups is 2. The van der Waals surface area contributed by atoms with Gasteiger partial charge < -0.3 is 19.1 Å².